The lowest BCUT2D eigenvalue weighted by molar-refractivity contribution is -0.146. The first-order chi connectivity index (χ1) is 4.68. The van der Waals surface area contributed by atoms with E-state index >= 15 is 0 Å². The highest BCUT2D eigenvalue weighted by atomic mass is 16.4. The summed E-state index contributed by atoms with van der Waals surface area (Å²) >= 11 is 0. The molecular weight excluding hydrogens is 136 g/mol. The molecule has 0 aromatic rings. The largest absolute Gasteiger partial charge is 0.475 e. The van der Waals surface area contributed by atoms with E-state index in [1.807, 2.05) is 0 Å². The summed E-state index contributed by atoms with van der Waals surface area (Å²) in [7, 11) is 0. The van der Waals surface area contributed by atoms with E-state index in [-0.39, 0.29) is 6.42 Å². The Labute approximate surface area is 57.2 Å². The molecule has 0 fully saturated rings. The van der Waals surface area contributed by atoms with Crippen LogP contribution in [0.3, 0.4) is 0 Å². The third-order valence-electron chi connectivity index (χ3n) is 0.712. The summed E-state index contributed by atoms with van der Waals surface area (Å²) in [6, 6.07) is 0. The minimum Gasteiger partial charge on any atom is -0.475 e. The summed E-state index contributed by atoms with van der Waals surface area (Å²) in [6.45, 7) is 0. The van der Waals surface area contributed by atoms with Crippen molar-refractivity contribution in [2.75, 3.05) is 0 Å². The number of hydrogen-bond donors (Lipinski definition) is 1. The van der Waals surface area contributed by atoms with E-state index in [0.717, 1.165) is 6.08 Å². The Morgan fingerprint density at radius 2 is 2.00 bits per heavy atom. The maximum Gasteiger partial charge on any atom is 0.376 e. The molecule has 0 aromatic carbocycles. The number of allylic oxidation sites excluding steroid dienone is 1. The third-order valence-corrected chi connectivity index (χ3v) is 0.712. The van der Waals surface area contributed by atoms with Crippen LogP contribution in [0.5, 0.6) is 0 Å². The molecule has 0 aliphatic rings. The zero-order chi connectivity index (χ0) is 7.98. The van der Waals surface area contributed by atoms with Crippen LogP contribution in [-0.4, -0.2) is 23.1 Å². The summed E-state index contributed by atoms with van der Waals surface area (Å²) < 4.78 is 0. The SMILES string of the molecule is O=CCC=CC(=O)C(=O)O. The van der Waals surface area contributed by atoms with Crippen molar-refractivity contribution in [1.29, 1.82) is 0 Å². The van der Waals surface area contributed by atoms with Crippen LogP contribution in [0.1, 0.15) is 6.42 Å². The highest BCUT2D eigenvalue weighted by Crippen LogP contribution is 1.80. The van der Waals surface area contributed by atoms with E-state index in [1.165, 1.54) is 6.08 Å². The molecule has 4 heteroatoms. The topological polar surface area (TPSA) is 71.4 Å². The molecule has 0 heterocycles. The van der Waals surface area contributed by atoms with E-state index < -0.39 is 11.8 Å². The highest BCUT2D eigenvalue weighted by molar-refractivity contribution is 6.37. The van der Waals surface area contributed by atoms with E-state index in [9.17, 15) is 14.4 Å². The van der Waals surface area contributed by atoms with Crippen LogP contribution in [0.4, 0.5) is 0 Å². The van der Waals surface area contributed by atoms with Gasteiger partial charge in [0.05, 0.1) is 0 Å². The summed E-state index contributed by atoms with van der Waals surface area (Å²) in [6.07, 6.45) is 2.70. The number of carbonyl (C=O) groups excluding carboxylic acids is 2. The van der Waals surface area contributed by atoms with Crippen LogP contribution >= 0.6 is 0 Å². The molecule has 0 aliphatic heterocycles. The molecule has 10 heavy (non-hydrogen) atoms. The van der Waals surface area contributed by atoms with Gasteiger partial charge in [-0.15, -0.1) is 0 Å². The van der Waals surface area contributed by atoms with Gasteiger partial charge in [0.25, 0.3) is 5.78 Å². The predicted octanol–water partition coefficient (Wildman–Crippen LogP) is -0.215. The average molecular weight is 142 g/mol. The number of aldehydes is 1. The lowest BCUT2D eigenvalue weighted by atomic mass is 10.3. The molecule has 0 radical (unpaired) electrons. The van der Waals surface area contributed by atoms with E-state index in [1.54, 1.807) is 0 Å². The van der Waals surface area contributed by atoms with Crippen LogP contribution < -0.4 is 0 Å². The molecule has 0 saturated carbocycles. The van der Waals surface area contributed by atoms with Crippen molar-refractivity contribution in [2.24, 2.45) is 0 Å². The standard InChI is InChI=1S/C6H6O4/c7-4-2-1-3-5(8)6(9)10/h1,3-4H,2H2,(H,9,10). The maximum atomic E-state index is 10.2. The van der Waals surface area contributed by atoms with Crippen molar-refractivity contribution in [3.8, 4) is 0 Å². The number of carbonyl (C=O) groups is 3. The number of carboxylic acids is 1. The third kappa shape index (κ3) is 3.54. The Balaban J connectivity index is 3.78. The predicted molar refractivity (Wildman–Crippen MR) is 32.5 cm³/mol. The molecular formula is C6H6O4. The van der Waals surface area contributed by atoms with Crippen LogP contribution in [0.2, 0.25) is 0 Å². The normalized spacial score (nSPS) is 9.60. The second-order valence-electron chi connectivity index (χ2n) is 1.47. The Hall–Kier alpha value is -1.45. The Bertz CT molecular complexity index is 180. The van der Waals surface area contributed by atoms with Crippen LogP contribution in [0.15, 0.2) is 12.2 Å². The van der Waals surface area contributed by atoms with Gasteiger partial charge in [-0.05, 0) is 6.08 Å². The van der Waals surface area contributed by atoms with Gasteiger partial charge in [0.15, 0.2) is 0 Å². The summed E-state index contributed by atoms with van der Waals surface area (Å²) in [5.74, 6) is -2.52. The maximum absolute atomic E-state index is 10.2. The highest BCUT2D eigenvalue weighted by Gasteiger charge is 2.04. The molecule has 0 saturated heterocycles. The minimum atomic E-state index is -1.51. The van der Waals surface area contributed by atoms with Crippen LogP contribution in [0, 0.1) is 0 Å². The van der Waals surface area contributed by atoms with E-state index in [4.69, 9.17) is 5.11 Å². The lowest BCUT2D eigenvalue weighted by Gasteiger charge is -1.80. The lowest BCUT2D eigenvalue weighted by Crippen LogP contribution is -2.08. The van der Waals surface area contributed by atoms with Crippen molar-refractivity contribution in [3.05, 3.63) is 12.2 Å². The zero-order valence-electron chi connectivity index (χ0n) is 5.11. The van der Waals surface area contributed by atoms with Crippen LogP contribution in [-0.2, 0) is 14.4 Å². The van der Waals surface area contributed by atoms with Gasteiger partial charge in [-0.2, -0.15) is 0 Å². The number of aliphatic carboxylic acids is 1. The van der Waals surface area contributed by atoms with Gasteiger partial charge in [-0.25, -0.2) is 4.79 Å². The molecule has 0 amide bonds. The second-order valence-corrected chi connectivity index (χ2v) is 1.47. The van der Waals surface area contributed by atoms with Gasteiger partial charge in [0.1, 0.15) is 6.29 Å². The van der Waals surface area contributed by atoms with Crippen LogP contribution in [0.25, 0.3) is 0 Å². The molecule has 54 valence electrons. The number of ketones is 1. The summed E-state index contributed by atoms with van der Waals surface area (Å²) in [4.78, 5) is 29.7. The zero-order valence-corrected chi connectivity index (χ0v) is 5.11. The Morgan fingerprint density at radius 3 is 2.40 bits per heavy atom. The fourth-order valence-electron chi connectivity index (χ4n) is 0.302. The smallest absolute Gasteiger partial charge is 0.376 e. The number of hydrogen-bond acceptors (Lipinski definition) is 3. The molecule has 0 atom stereocenters. The van der Waals surface area contributed by atoms with Crippen molar-refractivity contribution in [3.63, 3.8) is 0 Å². The Morgan fingerprint density at radius 1 is 1.40 bits per heavy atom. The van der Waals surface area contributed by atoms with Gasteiger partial charge >= 0.3 is 5.97 Å². The fraction of sp³-hybridized carbons (Fsp3) is 0.167. The number of carboxylic acid groups (broad SMARTS) is 1. The molecule has 0 aromatic heterocycles. The summed E-state index contributed by atoms with van der Waals surface area (Å²) in [5, 5.41) is 7.99. The average Bonchev–Trinajstić information content (AvgIpc) is 1.88. The van der Waals surface area contributed by atoms with Gasteiger partial charge in [-0.1, -0.05) is 6.08 Å². The van der Waals surface area contributed by atoms with Gasteiger partial charge in [-0.3, -0.25) is 4.79 Å². The van der Waals surface area contributed by atoms with Gasteiger partial charge in [0, 0.05) is 6.42 Å². The molecule has 0 rings (SSSR count). The first-order valence-corrected chi connectivity index (χ1v) is 2.56. The van der Waals surface area contributed by atoms with Crippen molar-refractivity contribution >= 4 is 18.0 Å². The molecule has 0 spiro atoms. The molecule has 0 aliphatic carbocycles. The monoisotopic (exact) mass is 142 g/mol. The van der Waals surface area contributed by atoms with Crippen molar-refractivity contribution < 1.29 is 19.5 Å². The van der Waals surface area contributed by atoms with Gasteiger partial charge in [0.2, 0.25) is 0 Å². The molecule has 0 bridgehead atoms. The molecule has 0 unspecified atom stereocenters. The van der Waals surface area contributed by atoms with Crippen molar-refractivity contribution in [2.45, 2.75) is 6.42 Å². The first kappa shape index (κ1) is 8.55. The number of rotatable bonds is 4. The Kier molecular flexibility index (Phi) is 3.79. The van der Waals surface area contributed by atoms with Crippen molar-refractivity contribution in [1.82, 2.24) is 0 Å². The molecule has 4 nitrogen and oxygen atoms in total. The second kappa shape index (κ2) is 4.43. The minimum absolute atomic E-state index is 0.0685. The first-order valence-electron chi connectivity index (χ1n) is 2.56. The van der Waals surface area contributed by atoms with E-state index in [0.29, 0.717) is 6.29 Å². The molecule has 1 N–H and O–H groups in total. The van der Waals surface area contributed by atoms with E-state index in [2.05, 4.69) is 0 Å². The quantitative estimate of drug-likeness (QED) is 0.335. The summed E-state index contributed by atoms with van der Waals surface area (Å²) in [5.41, 5.74) is 0. The van der Waals surface area contributed by atoms with Gasteiger partial charge < -0.3 is 9.90 Å². The fourth-order valence-corrected chi connectivity index (χ4v) is 0.302.